The molecule has 132 valence electrons. The molecule has 1 unspecified atom stereocenters. The van der Waals surface area contributed by atoms with Gasteiger partial charge in [0.2, 0.25) is 0 Å². The van der Waals surface area contributed by atoms with Gasteiger partial charge >= 0.3 is 0 Å². The van der Waals surface area contributed by atoms with Crippen molar-refractivity contribution in [2.75, 3.05) is 33.2 Å². The topological polar surface area (TPSA) is 52.7 Å². The molecule has 0 spiro atoms. The van der Waals surface area contributed by atoms with Gasteiger partial charge in [-0.05, 0) is 44.6 Å². The van der Waals surface area contributed by atoms with Crippen molar-refractivity contribution < 1.29 is 8.42 Å². The van der Waals surface area contributed by atoms with E-state index in [4.69, 9.17) is 0 Å². The Hall–Kier alpha value is -0.170. The van der Waals surface area contributed by atoms with Crippen LogP contribution in [-0.4, -0.2) is 56.3 Å². The number of hydrogen-bond donors (Lipinski definition) is 1. The molecule has 1 fully saturated rings. The van der Waals surface area contributed by atoms with Crippen LogP contribution < -0.4 is 5.32 Å². The Balaban J connectivity index is 2.79. The van der Waals surface area contributed by atoms with Crippen LogP contribution in [0.1, 0.15) is 53.4 Å². The molecule has 1 rings (SSSR count). The van der Waals surface area contributed by atoms with Crippen LogP contribution in [0.3, 0.4) is 0 Å². The largest absolute Gasteiger partial charge is 0.316 e. The second kappa shape index (κ2) is 9.21. The molecule has 0 aromatic carbocycles. The molecule has 1 saturated heterocycles. The van der Waals surface area contributed by atoms with E-state index in [1.165, 1.54) is 0 Å². The summed E-state index contributed by atoms with van der Waals surface area (Å²) in [5, 5.41) is 3.22. The summed E-state index contributed by atoms with van der Waals surface area (Å²) in [4.78, 5) is 0. The predicted octanol–water partition coefficient (Wildman–Crippen LogP) is 2.31. The third kappa shape index (κ3) is 6.14. The summed E-state index contributed by atoms with van der Waals surface area (Å²) in [7, 11) is -1.42. The maximum Gasteiger partial charge on any atom is 0.282 e. The van der Waals surface area contributed by atoms with Crippen LogP contribution in [0.4, 0.5) is 0 Å². The van der Waals surface area contributed by atoms with Gasteiger partial charge in [-0.1, -0.05) is 27.7 Å². The van der Waals surface area contributed by atoms with Crippen molar-refractivity contribution in [3.63, 3.8) is 0 Å². The van der Waals surface area contributed by atoms with Gasteiger partial charge in [-0.2, -0.15) is 17.0 Å². The number of piperidine rings is 1. The van der Waals surface area contributed by atoms with E-state index in [1.807, 2.05) is 7.05 Å². The summed E-state index contributed by atoms with van der Waals surface area (Å²) in [6.07, 6.45) is 3.83. The van der Waals surface area contributed by atoms with Crippen LogP contribution in [0.2, 0.25) is 0 Å². The zero-order chi connectivity index (χ0) is 16.8. The lowest BCUT2D eigenvalue weighted by Crippen LogP contribution is -2.52. The zero-order valence-corrected chi connectivity index (χ0v) is 15.8. The van der Waals surface area contributed by atoms with E-state index >= 15 is 0 Å². The van der Waals surface area contributed by atoms with Crippen molar-refractivity contribution in [2.45, 2.75) is 59.4 Å². The normalized spacial score (nSPS) is 21.2. The standard InChI is InChI=1S/C16H35N3O2S/c1-14(2)8-11-18(12-9-15(3)4)22(20,21)19-10-6-7-16(13-19)17-5/h14-17H,6-13H2,1-5H3. The summed E-state index contributed by atoms with van der Waals surface area (Å²) >= 11 is 0. The average molecular weight is 334 g/mol. The molecule has 0 aliphatic carbocycles. The number of likely N-dealkylation sites (N-methyl/N-ethyl adjacent to an activating group) is 1. The highest BCUT2D eigenvalue weighted by Gasteiger charge is 2.33. The first-order valence-corrected chi connectivity index (χ1v) is 10.1. The van der Waals surface area contributed by atoms with Gasteiger partial charge in [0.15, 0.2) is 0 Å². The smallest absolute Gasteiger partial charge is 0.282 e. The van der Waals surface area contributed by atoms with E-state index in [0.717, 1.165) is 25.7 Å². The van der Waals surface area contributed by atoms with Crippen molar-refractivity contribution in [1.82, 2.24) is 13.9 Å². The second-order valence-corrected chi connectivity index (χ2v) is 9.19. The summed E-state index contributed by atoms with van der Waals surface area (Å²) < 4.78 is 29.4. The maximum atomic E-state index is 13.0. The SMILES string of the molecule is CNC1CCCN(S(=O)(=O)N(CCC(C)C)CCC(C)C)C1. The molecule has 0 bridgehead atoms. The van der Waals surface area contributed by atoms with Crippen LogP contribution >= 0.6 is 0 Å². The minimum atomic E-state index is -3.33. The van der Waals surface area contributed by atoms with Gasteiger partial charge in [-0.15, -0.1) is 0 Å². The predicted molar refractivity (Wildman–Crippen MR) is 93.1 cm³/mol. The number of rotatable bonds is 9. The highest BCUT2D eigenvalue weighted by atomic mass is 32.2. The molecule has 0 aromatic heterocycles. The van der Waals surface area contributed by atoms with Gasteiger partial charge in [0, 0.05) is 32.2 Å². The van der Waals surface area contributed by atoms with E-state index in [1.54, 1.807) is 8.61 Å². The number of hydrogen-bond acceptors (Lipinski definition) is 3. The van der Waals surface area contributed by atoms with Crippen molar-refractivity contribution in [2.24, 2.45) is 11.8 Å². The van der Waals surface area contributed by atoms with Gasteiger partial charge in [0.05, 0.1) is 0 Å². The maximum absolute atomic E-state index is 13.0. The fraction of sp³-hybridized carbons (Fsp3) is 1.00. The molecule has 6 heteroatoms. The molecule has 1 heterocycles. The van der Waals surface area contributed by atoms with E-state index < -0.39 is 10.2 Å². The quantitative estimate of drug-likeness (QED) is 0.704. The van der Waals surface area contributed by atoms with E-state index in [0.29, 0.717) is 38.0 Å². The third-order valence-electron chi connectivity index (χ3n) is 4.36. The van der Waals surface area contributed by atoms with Crippen LogP contribution in [0.25, 0.3) is 0 Å². The van der Waals surface area contributed by atoms with Gasteiger partial charge in [-0.25, -0.2) is 0 Å². The van der Waals surface area contributed by atoms with Gasteiger partial charge in [-0.3, -0.25) is 0 Å². The first-order chi connectivity index (χ1) is 10.3. The molecule has 0 saturated carbocycles. The second-order valence-electron chi connectivity index (χ2n) is 7.26. The minimum absolute atomic E-state index is 0.278. The van der Waals surface area contributed by atoms with E-state index in [9.17, 15) is 8.42 Å². The van der Waals surface area contributed by atoms with Crippen molar-refractivity contribution >= 4 is 10.2 Å². The Bertz CT molecular complexity index is 398. The molecule has 1 aliphatic heterocycles. The first-order valence-electron chi connectivity index (χ1n) is 8.69. The lowest BCUT2D eigenvalue weighted by atomic mass is 10.1. The highest BCUT2D eigenvalue weighted by Crippen LogP contribution is 2.19. The Labute approximate surface area is 137 Å². The summed E-state index contributed by atoms with van der Waals surface area (Å²) in [5.74, 6) is 1.03. The molecule has 0 aromatic rings. The van der Waals surface area contributed by atoms with Crippen molar-refractivity contribution in [3.05, 3.63) is 0 Å². The average Bonchev–Trinajstić information content (AvgIpc) is 2.46. The molecule has 1 N–H and O–H groups in total. The minimum Gasteiger partial charge on any atom is -0.316 e. The Morgan fingerprint density at radius 2 is 1.68 bits per heavy atom. The first kappa shape index (κ1) is 19.9. The molecule has 0 radical (unpaired) electrons. The van der Waals surface area contributed by atoms with Crippen LogP contribution in [0.5, 0.6) is 0 Å². The number of nitrogens with zero attached hydrogens (tertiary/aromatic N) is 2. The van der Waals surface area contributed by atoms with Gasteiger partial charge in [0.25, 0.3) is 10.2 Å². The van der Waals surface area contributed by atoms with Crippen LogP contribution in [0.15, 0.2) is 0 Å². The fourth-order valence-corrected chi connectivity index (χ4v) is 4.42. The summed E-state index contributed by atoms with van der Waals surface area (Å²) in [5.41, 5.74) is 0. The Morgan fingerprint density at radius 3 is 2.14 bits per heavy atom. The molecule has 1 atom stereocenters. The monoisotopic (exact) mass is 333 g/mol. The molecule has 1 aliphatic rings. The molecule has 0 amide bonds. The summed E-state index contributed by atoms with van der Waals surface area (Å²) in [6.45, 7) is 11.1. The lowest BCUT2D eigenvalue weighted by Gasteiger charge is -2.36. The van der Waals surface area contributed by atoms with Gasteiger partial charge < -0.3 is 5.32 Å². The number of nitrogens with one attached hydrogen (secondary N) is 1. The Kier molecular flexibility index (Phi) is 8.32. The molecular weight excluding hydrogens is 298 g/mol. The zero-order valence-electron chi connectivity index (χ0n) is 15.0. The summed E-state index contributed by atoms with van der Waals surface area (Å²) in [6, 6.07) is 0.278. The molecule has 5 nitrogen and oxygen atoms in total. The van der Waals surface area contributed by atoms with Crippen molar-refractivity contribution in [1.29, 1.82) is 0 Å². The van der Waals surface area contributed by atoms with Gasteiger partial charge in [0.1, 0.15) is 0 Å². The fourth-order valence-electron chi connectivity index (χ4n) is 2.70. The van der Waals surface area contributed by atoms with Crippen LogP contribution in [0, 0.1) is 11.8 Å². The van der Waals surface area contributed by atoms with E-state index in [2.05, 4.69) is 33.0 Å². The molecule has 22 heavy (non-hydrogen) atoms. The van der Waals surface area contributed by atoms with Crippen molar-refractivity contribution in [3.8, 4) is 0 Å². The Morgan fingerprint density at radius 1 is 1.14 bits per heavy atom. The van der Waals surface area contributed by atoms with Crippen LogP contribution in [-0.2, 0) is 10.2 Å². The highest BCUT2D eigenvalue weighted by molar-refractivity contribution is 7.86. The van der Waals surface area contributed by atoms with E-state index in [-0.39, 0.29) is 6.04 Å². The lowest BCUT2D eigenvalue weighted by molar-refractivity contribution is 0.260. The third-order valence-corrected chi connectivity index (χ3v) is 6.36. The molecular formula is C16H35N3O2S.